The van der Waals surface area contributed by atoms with Gasteiger partial charge in [0.1, 0.15) is 6.10 Å². The fourth-order valence-electron chi connectivity index (χ4n) is 2.09. The van der Waals surface area contributed by atoms with Gasteiger partial charge >= 0.3 is 0 Å². The lowest BCUT2D eigenvalue weighted by Crippen LogP contribution is -2.25. The molecule has 88 valence electrons. The van der Waals surface area contributed by atoms with Crippen LogP contribution in [-0.4, -0.2) is 16.2 Å². The Kier molecular flexibility index (Phi) is 2.69. The minimum atomic E-state index is 0.0111. The molecule has 2 aromatic rings. The van der Waals surface area contributed by atoms with Gasteiger partial charge in [-0.15, -0.1) is 0 Å². The van der Waals surface area contributed by atoms with Crippen LogP contribution in [0.2, 0.25) is 0 Å². The molecule has 0 amide bonds. The van der Waals surface area contributed by atoms with Crippen LogP contribution < -0.4 is 4.74 Å². The molecule has 1 N–H and O–H groups in total. The molecule has 1 heterocycles. The molecule has 1 aliphatic rings. The molecular formula is C14H15NO2. The zero-order valence-corrected chi connectivity index (χ0v) is 9.60. The average Bonchev–Trinajstić information content (AvgIpc) is 2.33. The normalized spacial score (nSPS) is 15.8. The van der Waals surface area contributed by atoms with Gasteiger partial charge in [0.2, 0.25) is 5.88 Å². The van der Waals surface area contributed by atoms with Crippen molar-refractivity contribution in [1.29, 1.82) is 0 Å². The van der Waals surface area contributed by atoms with Gasteiger partial charge in [0, 0.05) is 17.1 Å². The third kappa shape index (κ3) is 1.87. The van der Waals surface area contributed by atoms with Gasteiger partial charge in [0.25, 0.3) is 0 Å². The number of rotatable bonds is 3. The van der Waals surface area contributed by atoms with Crippen molar-refractivity contribution in [3.8, 4) is 5.88 Å². The number of fused-ring (bicyclic) bond motifs is 1. The van der Waals surface area contributed by atoms with Crippen molar-refractivity contribution >= 4 is 10.8 Å². The van der Waals surface area contributed by atoms with Gasteiger partial charge in [-0.3, -0.25) is 0 Å². The van der Waals surface area contributed by atoms with Crippen LogP contribution in [0.1, 0.15) is 24.8 Å². The van der Waals surface area contributed by atoms with Crippen LogP contribution >= 0.6 is 0 Å². The fourth-order valence-corrected chi connectivity index (χ4v) is 2.09. The third-order valence-electron chi connectivity index (χ3n) is 3.34. The Balaban J connectivity index is 2.05. The predicted molar refractivity (Wildman–Crippen MR) is 65.9 cm³/mol. The van der Waals surface area contributed by atoms with Crippen LogP contribution in [0.15, 0.2) is 30.5 Å². The van der Waals surface area contributed by atoms with Crippen LogP contribution in [0.5, 0.6) is 5.88 Å². The number of pyridine rings is 1. The highest BCUT2D eigenvalue weighted by Crippen LogP contribution is 2.30. The highest BCUT2D eigenvalue weighted by atomic mass is 16.5. The molecule has 17 heavy (non-hydrogen) atoms. The maximum absolute atomic E-state index is 9.28. The topological polar surface area (TPSA) is 42.4 Å². The molecule has 1 fully saturated rings. The van der Waals surface area contributed by atoms with E-state index in [-0.39, 0.29) is 6.61 Å². The maximum atomic E-state index is 9.28. The quantitative estimate of drug-likeness (QED) is 0.879. The lowest BCUT2D eigenvalue weighted by atomic mass is 9.96. The molecule has 0 radical (unpaired) electrons. The largest absolute Gasteiger partial charge is 0.474 e. The fraction of sp³-hybridized carbons (Fsp3) is 0.357. The summed E-state index contributed by atoms with van der Waals surface area (Å²) in [6, 6.07) is 7.93. The summed E-state index contributed by atoms with van der Waals surface area (Å²) in [5.41, 5.74) is 0.849. The third-order valence-corrected chi connectivity index (χ3v) is 3.34. The summed E-state index contributed by atoms with van der Waals surface area (Å²) < 4.78 is 5.87. The average molecular weight is 229 g/mol. The first-order valence-corrected chi connectivity index (χ1v) is 6.02. The minimum absolute atomic E-state index is 0.0111. The van der Waals surface area contributed by atoms with Crippen LogP contribution in [0.3, 0.4) is 0 Å². The minimum Gasteiger partial charge on any atom is -0.474 e. The highest BCUT2D eigenvalue weighted by molar-refractivity contribution is 5.89. The van der Waals surface area contributed by atoms with Crippen molar-refractivity contribution < 1.29 is 9.84 Å². The van der Waals surface area contributed by atoms with E-state index in [4.69, 9.17) is 4.74 Å². The molecule has 1 aromatic heterocycles. The summed E-state index contributed by atoms with van der Waals surface area (Å²) in [6.45, 7) is 0.0111. The van der Waals surface area contributed by atoms with E-state index >= 15 is 0 Å². The SMILES string of the molecule is OCc1cnc(OC2CCC2)c2ccccc12. The maximum Gasteiger partial charge on any atom is 0.221 e. The summed E-state index contributed by atoms with van der Waals surface area (Å²) in [6.07, 6.45) is 5.52. The molecule has 1 aromatic carbocycles. The Morgan fingerprint density at radius 1 is 1.24 bits per heavy atom. The molecule has 3 nitrogen and oxygen atoms in total. The van der Waals surface area contributed by atoms with Crippen LogP contribution in [0.4, 0.5) is 0 Å². The smallest absolute Gasteiger partial charge is 0.221 e. The lowest BCUT2D eigenvalue weighted by Gasteiger charge is -2.26. The summed E-state index contributed by atoms with van der Waals surface area (Å²) in [5, 5.41) is 11.3. The van der Waals surface area contributed by atoms with E-state index in [0.717, 1.165) is 29.2 Å². The van der Waals surface area contributed by atoms with Crippen molar-refractivity contribution in [3.63, 3.8) is 0 Å². The van der Waals surface area contributed by atoms with Crippen LogP contribution in [0, 0.1) is 0 Å². The molecule has 3 heteroatoms. The molecule has 0 bridgehead atoms. The predicted octanol–water partition coefficient (Wildman–Crippen LogP) is 2.66. The second kappa shape index (κ2) is 4.34. The van der Waals surface area contributed by atoms with Crippen LogP contribution in [0.25, 0.3) is 10.8 Å². The summed E-state index contributed by atoms with van der Waals surface area (Å²) in [4.78, 5) is 4.32. The van der Waals surface area contributed by atoms with E-state index in [9.17, 15) is 5.11 Å². The number of hydrogen-bond donors (Lipinski definition) is 1. The molecule has 1 saturated carbocycles. The molecular weight excluding hydrogens is 214 g/mol. The first-order chi connectivity index (χ1) is 8.38. The van der Waals surface area contributed by atoms with Crippen molar-refractivity contribution in [1.82, 2.24) is 4.98 Å². The summed E-state index contributed by atoms with van der Waals surface area (Å²) in [7, 11) is 0. The zero-order chi connectivity index (χ0) is 11.7. The Morgan fingerprint density at radius 2 is 2.00 bits per heavy atom. The molecule has 0 atom stereocenters. The Morgan fingerprint density at radius 3 is 2.65 bits per heavy atom. The van der Waals surface area contributed by atoms with E-state index in [0.29, 0.717) is 12.0 Å². The Hall–Kier alpha value is -1.61. The highest BCUT2D eigenvalue weighted by Gasteiger charge is 2.20. The number of benzene rings is 1. The van der Waals surface area contributed by atoms with Gasteiger partial charge in [-0.1, -0.05) is 18.2 Å². The van der Waals surface area contributed by atoms with Gasteiger partial charge in [-0.2, -0.15) is 0 Å². The summed E-state index contributed by atoms with van der Waals surface area (Å²) >= 11 is 0. The van der Waals surface area contributed by atoms with Gasteiger partial charge in [0.05, 0.1) is 6.61 Å². The van der Waals surface area contributed by atoms with Gasteiger partial charge < -0.3 is 9.84 Å². The van der Waals surface area contributed by atoms with Crippen molar-refractivity contribution in [2.75, 3.05) is 0 Å². The molecule has 0 aliphatic heterocycles. The monoisotopic (exact) mass is 229 g/mol. The van der Waals surface area contributed by atoms with E-state index in [1.54, 1.807) is 6.20 Å². The summed E-state index contributed by atoms with van der Waals surface area (Å²) in [5.74, 6) is 0.697. The second-order valence-corrected chi connectivity index (χ2v) is 4.46. The van der Waals surface area contributed by atoms with Crippen molar-refractivity contribution in [2.45, 2.75) is 32.0 Å². The second-order valence-electron chi connectivity index (χ2n) is 4.46. The number of aliphatic hydroxyl groups is 1. The van der Waals surface area contributed by atoms with Crippen LogP contribution in [-0.2, 0) is 6.61 Å². The van der Waals surface area contributed by atoms with E-state index in [1.807, 2.05) is 24.3 Å². The van der Waals surface area contributed by atoms with Crippen molar-refractivity contribution in [2.24, 2.45) is 0 Å². The lowest BCUT2D eigenvalue weighted by molar-refractivity contribution is 0.116. The Labute approximate surface area is 100 Å². The Bertz CT molecular complexity index is 535. The number of hydrogen-bond acceptors (Lipinski definition) is 3. The number of aliphatic hydroxyl groups excluding tert-OH is 1. The van der Waals surface area contributed by atoms with Gasteiger partial charge in [-0.05, 0) is 30.7 Å². The van der Waals surface area contributed by atoms with E-state index in [1.165, 1.54) is 6.42 Å². The molecule has 0 spiro atoms. The molecule has 3 rings (SSSR count). The number of ether oxygens (including phenoxy) is 1. The van der Waals surface area contributed by atoms with Gasteiger partial charge in [-0.25, -0.2) is 4.98 Å². The van der Waals surface area contributed by atoms with Crippen molar-refractivity contribution in [3.05, 3.63) is 36.0 Å². The molecule has 0 saturated heterocycles. The molecule has 0 unspecified atom stereocenters. The number of nitrogens with zero attached hydrogens (tertiary/aromatic N) is 1. The first-order valence-electron chi connectivity index (χ1n) is 6.02. The standard InChI is InChI=1S/C14H15NO2/c16-9-10-8-15-14(17-11-4-3-5-11)13-7-2-1-6-12(10)13/h1-2,6-8,11,16H,3-5,9H2. The zero-order valence-electron chi connectivity index (χ0n) is 9.60. The molecule has 1 aliphatic carbocycles. The van der Waals surface area contributed by atoms with Gasteiger partial charge in [0.15, 0.2) is 0 Å². The van der Waals surface area contributed by atoms with E-state index in [2.05, 4.69) is 4.98 Å². The first kappa shape index (κ1) is 10.5. The van der Waals surface area contributed by atoms with E-state index < -0.39 is 0 Å². The number of aromatic nitrogens is 1.